The minimum atomic E-state index is -4.02. The van der Waals surface area contributed by atoms with Gasteiger partial charge in [-0.3, -0.25) is 4.79 Å². The van der Waals surface area contributed by atoms with Crippen LogP contribution in [0, 0.1) is 37.4 Å². The van der Waals surface area contributed by atoms with Gasteiger partial charge in [0.1, 0.15) is 0 Å². The molecule has 2 unspecified atom stereocenters. The molecule has 0 radical (unpaired) electrons. The largest absolute Gasteiger partial charge is 0.481 e. The van der Waals surface area contributed by atoms with Gasteiger partial charge in [0.25, 0.3) is 10.0 Å². The van der Waals surface area contributed by atoms with Crippen molar-refractivity contribution in [1.29, 1.82) is 0 Å². The molecule has 0 aliphatic heterocycles. The summed E-state index contributed by atoms with van der Waals surface area (Å²) in [7, 11) is -4.02. The normalized spacial score (nSPS) is 22.7. The van der Waals surface area contributed by atoms with Gasteiger partial charge in [-0.2, -0.15) is 0 Å². The van der Waals surface area contributed by atoms with Crippen molar-refractivity contribution in [1.82, 2.24) is 18.9 Å². The lowest BCUT2D eigenvalue weighted by Crippen LogP contribution is -2.51. The van der Waals surface area contributed by atoms with Crippen molar-refractivity contribution in [3.05, 3.63) is 65.9 Å². The van der Waals surface area contributed by atoms with E-state index in [9.17, 15) is 18.3 Å². The van der Waals surface area contributed by atoms with E-state index in [1.165, 1.54) is 10.2 Å². The van der Waals surface area contributed by atoms with E-state index in [0.29, 0.717) is 16.6 Å². The lowest BCUT2D eigenvalue weighted by molar-refractivity contribution is -0.148. The zero-order valence-corrected chi connectivity index (χ0v) is 22.3. The number of anilines is 1. The quantitative estimate of drug-likeness (QED) is 0.352. The highest BCUT2D eigenvalue weighted by Gasteiger charge is 2.47. The van der Waals surface area contributed by atoms with Gasteiger partial charge in [0, 0.05) is 23.3 Å². The van der Waals surface area contributed by atoms with E-state index in [2.05, 4.69) is 20.3 Å². The van der Waals surface area contributed by atoms with Crippen LogP contribution < -0.4 is 5.32 Å². The Balaban J connectivity index is 1.46. The Morgan fingerprint density at radius 1 is 1.05 bits per heavy atom. The highest BCUT2D eigenvalue weighted by molar-refractivity contribution is 7.90. The zero-order chi connectivity index (χ0) is 27.5. The Kier molecular flexibility index (Phi) is 6.13. The second-order valence-electron chi connectivity index (χ2n) is 10.5. The molecule has 39 heavy (non-hydrogen) atoms. The van der Waals surface area contributed by atoms with Gasteiger partial charge < -0.3 is 10.4 Å². The molecule has 3 saturated carbocycles. The fourth-order valence-corrected chi connectivity index (χ4v) is 7.88. The first-order chi connectivity index (χ1) is 18.7. The summed E-state index contributed by atoms with van der Waals surface area (Å²) >= 11 is 0. The van der Waals surface area contributed by atoms with Gasteiger partial charge in [-0.05, 0) is 75.6 Å². The number of nitrogens with one attached hydrogen (secondary N) is 1. The number of hydrogen-bond donors (Lipinski definition) is 2. The van der Waals surface area contributed by atoms with E-state index in [1.807, 2.05) is 6.92 Å². The fraction of sp³-hybridized carbons (Fsp3) is 0.357. The van der Waals surface area contributed by atoms with Crippen molar-refractivity contribution in [2.24, 2.45) is 17.8 Å². The Labute approximate surface area is 225 Å². The molecule has 2 bridgehead atoms. The minimum Gasteiger partial charge on any atom is -0.481 e. The molecule has 4 aromatic rings. The molecule has 9 nitrogen and oxygen atoms in total. The monoisotopic (exact) mass is 549 g/mol. The van der Waals surface area contributed by atoms with Crippen molar-refractivity contribution < 1.29 is 22.7 Å². The van der Waals surface area contributed by atoms with E-state index in [-0.39, 0.29) is 34.0 Å². The molecule has 3 heterocycles. The molecular formula is C28H28FN5O4S. The number of fused-ring (bicyclic) bond motifs is 4. The first-order valence-electron chi connectivity index (χ1n) is 13.0. The number of aliphatic carboxylic acids is 1. The van der Waals surface area contributed by atoms with Gasteiger partial charge in [0.2, 0.25) is 0 Å². The Hall–Kier alpha value is -3.86. The maximum Gasteiger partial charge on any atom is 0.308 e. The Morgan fingerprint density at radius 3 is 2.44 bits per heavy atom. The molecule has 3 fully saturated rings. The molecule has 7 rings (SSSR count). The number of rotatable bonds is 6. The van der Waals surface area contributed by atoms with Crippen molar-refractivity contribution >= 4 is 32.8 Å². The number of halogens is 1. The molecule has 202 valence electrons. The maximum atomic E-state index is 15.0. The highest BCUT2D eigenvalue weighted by Crippen LogP contribution is 2.46. The average molecular weight is 550 g/mol. The van der Waals surface area contributed by atoms with Crippen molar-refractivity contribution in [2.45, 2.75) is 50.5 Å². The summed E-state index contributed by atoms with van der Waals surface area (Å²) in [6.45, 7) is 3.52. The SMILES string of the molecule is Cc1ccc(S(=O)(=O)n2c(C)c(-c3ncc(F)c(NC4C5CCC(CC5)C4C(=O)O)n3)c3cccnc32)cc1. The minimum absolute atomic E-state index is 0.0487. The highest BCUT2D eigenvalue weighted by atomic mass is 32.2. The van der Waals surface area contributed by atoms with Crippen molar-refractivity contribution in [3.8, 4) is 11.4 Å². The van der Waals surface area contributed by atoms with Gasteiger partial charge in [0.15, 0.2) is 23.1 Å². The number of carboxylic acids is 1. The van der Waals surface area contributed by atoms with Crippen LogP contribution in [0.2, 0.25) is 0 Å². The molecule has 1 aromatic carbocycles. The van der Waals surface area contributed by atoms with E-state index in [4.69, 9.17) is 0 Å². The van der Waals surface area contributed by atoms with Crippen molar-refractivity contribution in [3.63, 3.8) is 0 Å². The molecule has 3 aliphatic carbocycles. The predicted molar refractivity (Wildman–Crippen MR) is 143 cm³/mol. The van der Waals surface area contributed by atoms with Crippen LogP contribution in [0.3, 0.4) is 0 Å². The number of nitrogens with zero attached hydrogens (tertiary/aromatic N) is 4. The molecule has 3 aromatic heterocycles. The molecule has 11 heteroatoms. The molecule has 3 aliphatic rings. The van der Waals surface area contributed by atoms with E-state index < -0.39 is 33.8 Å². The molecular weight excluding hydrogens is 521 g/mol. The Bertz CT molecular complexity index is 1700. The third kappa shape index (κ3) is 4.15. The number of carboxylic acid groups (broad SMARTS) is 1. The smallest absolute Gasteiger partial charge is 0.308 e. The summed E-state index contributed by atoms with van der Waals surface area (Å²) in [5, 5.41) is 13.5. The molecule has 2 N–H and O–H groups in total. The molecule has 2 atom stereocenters. The van der Waals surface area contributed by atoms with Gasteiger partial charge >= 0.3 is 5.97 Å². The van der Waals surface area contributed by atoms with Crippen molar-refractivity contribution in [2.75, 3.05) is 5.32 Å². The number of benzene rings is 1. The summed E-state index contributed by atoms with van der Waals surface area (Å²) in [6.07, 6.45) is 6.04. The molecule has 0 amide bonds. The lowest BCUT2D eigenvalue weighted by atomic mass is 9.61. The first kappa shape index (κ1) is 25.4. The number of aromatic nitrogens is 4. The summed E-state index contributed by atoms with van der Waals surface area (Å²) in [4.78, 5) is 25.3. The standard InChI is InChI=1S/C28H28FN5O4S/c1-15-5-11-19(12-6-15)39(37,38)34-16(2)22(20-4-3-13-30-27(20)34)26-31-14-21(29)25(33-26)32-24-18-9-7-17(8-10-18)23(24)28(35)36/h3-6,11-14,17-18,23-24H,7-10H2,1-2H3,(H,35,36)(H,31,32,33). The van der Waals surface area contributed by atoms with Crippen LogP contribution in [0.15, 0.2) is 53.7 Å². The summed E-state index contributed by atoms with van der Waals surface area (Å²) in [6, 6.07) is 9.52. The second-order valence-corrected chi connectivity index (χ2v) is 12.3. The fourth-order valence-electron chi connectivity index (χ4n) is 6.36. The van der Waals surface area contributed by atoms with E-state index in [0.717, 1.165) is 37.4 Å². The summed E-state index contributed by atoms with van der Waals surface area (Å²) in [5.41, 5.74) is 1.89. The van der Waals surface area contributed by atoms with Crippen LogP contribution in [-0.4, -0.2) is 44.5 Å². The molecule has 0 saturated heterocycles. The number of hydrogen-bond acceptors (Lipinski definition) is 7. The maximum absolute atomic E-state index is 15.0. The topological polar surface area (TPSA) is 127 Å². The second kappa shape index (κ2) is 9.41. The van der Waals surface area contributed by atoms with E-state index >= 15 is 4.39 Å². The van der Waals surface area contributed by atoms with E-state index in [1.54, 1.807) is 43.3 Å². The number of aryl methyl sites for hydroxylation is 1. The number of carbonyl (C=O) groups is 1. The van der Waals surface area contributed by atoms with Gasteiger partial charge in [-0.1, -0.05) is 17.7 Å². The van der Waals surface area contributed by atoms with Crippen LogP contribution >= 0.6 is 0 Å². The predicted octanol–water partition coefficient (Wildman–Crippen LogP) is 4.79. The van der Waals surface area contributed by atoms with Crippen LogP contribution in [0.4, 0.5) is 10.2 Å². The zero-order valence-electron chi connectivity index (χ0n) is 21.5. The third-order valence-electron chi connectivity index (χ3n) is 8.25. The van der Waals surface area contributed by atoms with Crippen LogP contribution in [0.5, 0.6) is 0 Å². The third-order valence-corrected chi connectivity index (χ3v) is 10.0. The summed E-state index contributed by atoms with van der Waals surface area (Å²) in [5.74, 6) is -2.01. The van der Waals surface area contributed by atoms with Gasteiger partial charge in [0.05, 0.1) is 22.6 Å². The average Bonchev–Trinajstić information content (AvgIpc) is 3.23. The van der Waals surface area contributed by atoms with Gasteiger partial charge in [-0.15, -0.1) is 0 Å². The van der Waals surface area contributed by atoms with Crippen LogP contribution in [-0.2, 0) is 14.8 Å². The van der Waals surface area contributed by atoms with Crippen LogP contribution in [0.1, 0.15) is 36.9 Å². The van der Waals surface area contributed by atoms with Gasteiger partial charge in [-0.25, -0.2) is 31.7 Å². The molecule has 0 spiro atoms. The number of pyridine rings is 1. The van der Waals surface area contributed by atoms with Crippen LogP contribution in [0.25, 0.3) is 22.4 Å². The Morgan fingerprint density at radius 2 is 1.74 bits per heavy atom. The first-order valence-corrected chi connectivity index (χ1v) is 14.4. The summed E-state index contributed by atoms with van der Waals surface area (Å²) < 4.78 is 43.7. The lowest BCUT2D eigenvalue weighted by Gasteiger charge is -2.47.